The lowest BCUT2D eigenvalue weighted by Crippen LogP contribution is -2.49. The predicted octanol–water partition coefficient (Wildman–Crippen LogP) is 1.48. The third kappa shape index (κ3) is 2.47. The number of likely N-dealkylation sites (N-methyl/N-ethyl adjacent to an activating group) is 1. The first kappa shape index (κ1) is 12.9. The summed E-state index contributed by atoms with van der Waals surface area (Å²) in [7, 11) is 0. The van der Waals surface area contributed by atoms with Crippen molar-refractivity contribution >= 4 is 5.69 Å². The molecule has 1 aromatic rings. The molecule has 2 heterocycles. The highest BCUT2D eigenvalue weighted by Gasteiger charge is 2.31. The van der Waals surface area contributed by atoms with Crippen molar-refractivity contribution < 1.29 is 4.39 Å². The zero-order valence-corrected chi connectivity index (χ0v) is 11.5. The van der Waals surface area contributed by atoms with Gasteiger partial charge in [0, 0.05) is 56.6 Å². The molecule has 1 unspecified atom stereocenters. The Morgan fingerprint density at radius 3 is 2.84 bits per heavy atom. The lowest BCUT2D eigenvalue weighted by Gasteiger charge is -2.34. The highest BCUT2D eigenvalue weighted by Crippen LogP contribution is 2.33. The van der Waals surface area contributed by atoms with Crippen molar-refractivity contribution in [2.75, 3.05) is 44.2 Å². The van der Waals surface area contributed by atoms with E-state index in [-0.39, 0.29) is 5.82 Å². The summed E-state index contributed by atoms with van der Waals surface area (Å²) in [6, 6.07) is 5.89. The van der Waals surface area contributed by atoms with E-state index in [0.29, 0.717) is 6.04 Å². The first-order valence-electron chi connectivity index (χ1n) is 7.26. The molecule has 3 nitrogen and oxygen atoms in total. The van der Waals surface area contributed by atoms with Crippen LogP contribution in [0.15, 0.2) is 18.2 Å². The molecular formula is C15H22FN3. The molecule has 1 saturated heterocycles. The third-order valence-corrected chi connectivity index (χ3v) is 4.30. The van der Waals surface area contributed by atoms with Gasteiger partial charge in [-0.3, -0.25) is 4.90 Å². The second-order valence-corrected chi connectivity index (χ2v) is 5.43. The number of nitrogens with zero attached hydrogens (tertiary/aromatic N) is 2. The zero-order valence-electron chi connectivity index (χ0n) is 11.5. The second kappa shape index (κ2) is 5.47. The molecule has 0 bridgehead atoms. The molecule has 0 saturated carbocycles. The van der Waals surface area contributed by atoms with Gasteiger partial charge in [-0.25, -0.2) is 4.39 Å². The number of fused-ring (bicyclic) bond motifs is 1. The van der Waals surface area contributed by atoms with Crippen LogP contribution in [0.1, 0.15) is 12.5 Å². The Bertz CT molecular complexity index is 443. The van der Waals surface area contributed by atoms with Gasteiger partial charge in [-0.15, -0.1) is 0 Å². The van der Waals surface area contributed by atoms with E-state index in [0.717, 1.165) is 56.9 Å². The standard InChI is InChI=1S/C15H22FN3/c1-2-19-12(11-18-8-6-17-7-9-18)10-13-14(16)4-3-5-15(13)19/h3-5,12,17H,2,6-11H2,1H3. The quantitative estimate of drug-likeness (QED) is 0.891. The topological polar surface area (TPSA) is 18.5 Å². The molecule has 0 spiro atoms. The molecule has 0 aliphatic carbocycles. The Balaban J connectivity index is 1.75. The zero-order chi connectivity index (χ0) is 13.2. The van der Waals surface area contributed by atoms with E-state index >= 15 is 0 Å². The number of anilines is 1. The summed E-state index contributed by atoms with van der Waals surface area (Å²) in [6.45, 7) is 8.50. The summed E-state index contributed by atoms with van der Waals surface area (Å²) in [4.78, 5) is 4.86. The fourth-order valence-corrected chi connectivity index (χ4v) is 3.34. The van der Waals surface area contributed by atoms with E-state index in [1.54, 1.807) is 6.07 Å². The summed E-state index contributed by atoms with van der Waals surface area (Å²) in [6.07, 6.45) is 0.847. The average molecular weight is 263 g/mol. The van der Waals surface area contributed by atoms with Crippen molar-refractivity contribution in [1.82, 2.24) is 10.2 Å². The molecule has 2 aliphatic heterocycles. The summed E-state index contributed by atoms with van der Waals surface area (Å²) in [5.41, 5.74) is 2.01. The molecule has 104 valence electrons. The SMILES string of the molecule is CCN1c2cccc(F)c2CC1CN1CCNCC1. The van der Waals surface area contributed by atoms with Crippen LogP contribution in [0.5, 0.6) is 0 Å². The monoisotopic (exact) mass is 263 g/mol. The molecular weight excluding hydrogens is 241 g/mol. The number of piperazine rings is 1. The van der Waals surface area contributed by atoms with E-state index in [9.17, 15) is 4.39 Å². The highest BCUT2D eigenvalue weighted by atomic mass is 19.1. The van der Waals surface area contributed by atoms with Gasteiger partial charge in [0.05, 0.1) is 0 Å². The number of halogens is 1. The molecule has 0 aromatic heterocycles. The fourth-order valence-electron chi connectivity index (χ4n) is 3.34. The maximum atomic E-state index is 13.9. The molecule has 0 radical (unpaired) electrons. The Hall–Kier alpha value is -1.13. The predicted molar refractivity (Wildman–Crippen MR) is 76.2 cm³/mol. The van der Waals surface area contributed by atoms with Crippen LogP contribution in [0.3, 0.4) is 0 Å². The Kier molecular flexibility index (Phi) is 3.71. The van der Waals surface area contributed by atoms with Crippen LogP contribution < -0.4 is 10.2 Å². The minimum absolute atomic E-state index is 0.0428. The largest absolute Gasteiger partial charge is 0.367 e. The highest BCUT2D eigenvalue weighted by molar-refractivity contribution is 5.60. The van der Waals surface area contributed by atoms with E-state index in [1.807, 2.05) is 6.07 Å². The van der Waals surface area contributed by atoms with Gasteiger partial charge in [-0.1, -0.05) is 6.07 Å². The van der Waals surface area contributed by atoms with E-state index < -0.39 is 0 Å². The number of rotatable bonds is 3. The van der Waals surface area contributed by atoms with Crippen molar-refractivity contribution in [3.8, 4) is 0 Å². The van der Waals surface area contributed by atoms with Crippen molar-refractivity contribution in [3.05, 3.63) is 29.6 Å². The molecule has 0 amide bonds. The Morgan fingerprint density at radius 2 is 2.11 bits per heavy atom. The van der Waals surface area contributed by atoms with Crippen molar-refractivity contribution in [1.29, 1.82) is 0 Å². The molecule has 1 fully saturated rings. The molecule has 1 aromatic carbocycles. The van der Waals surface area contributed by atoms with E-state index in [2.05, 4.69) is 28.1 Å². The van der Waals surface area contributed by atoms with Crippen LogP contribution >= 0.6 is 0 Å². The molecule has 2 aliphatic rings. The van der Waals surface area contributed by atoms with Crippen LogP contribution in [0.4, 0.5) is 10.1 Å². The van der Waals surface area contributed by atoms with Crippen molar-refractivity contribution in [2.45, 2.75) is 19.4 Å². The van der Waals surface area contributed by atoms with Gasteiger partial charge in [-0.05, 0) is 25.5 Å². The maximum Gasteiger partial charge on any atom is 0.128 e. The average Bonchev–Trinajstić information content (AvgIpc) is 2.79. The number of benzene rings is 1. The Labute approximate surface area is 114 Å². The number of hydrogen-bond donors (Lipinski definition) is 1. The molecule has 4 heteroatoms. The molecule has 1 N–H and O–H groups in total. The normalized spacial score (nSPS) is 23.7. The molecule has 3 rings (SSSR count). The van der Waals surface area contributed by atoms with Gasteiger partial charge in [0.15, 0.2) is 0 Å². The van der Waals surface area contributed by atoms with Crippen LogP contribution in [0.25, 0.3) is 0 Å². The van der Waals surface area contributed by atoms with Crippen LogP contribution in [-0.4, -0.2) is 50.2 Å². The van der Waals surface area contributed by atoms with Crippen LogP contribution in [0.2, 0.25) is 0 Å². The minimum atomic E-state index is -0.0428. The van der Waals surface area contributed by atoms with Gasteiger partial charge in [-0.2, -0.15) is 0 Å². The number of hydrogen-bond acceptors (Lipinski definition) is 3. The summed E-state index contributed by atoms with van der Waals surface area (Å²) < 4.78 is 13.9. The van der Waals surface area contributed by atoms with Crippen LogP contribution in [0, 0.1) is 5.82 Å². The van der Waals surface area contributed by atoms with Crippen molar-refractivity contribution in [2.24, 2.45) is 0 Å². The van der Waals surface area contributed by atoms with Gasteiger partial charge in [0.2, 0.25) is 0 Å². The summed E-state index contributed by atoms with van der Waals surface area (Å²) in [5, 5.41) is 3.38. The van der Waals surface area contributed by atoms with E-state index in [4.69, 9.17) is 0 Å². The lowest BCUT2D eigenvalue weighted by atomic mass is 10.1. The van der Waals surface area contributed by atoms with Crippen molar-refractivity contribution in [3.63, 3.8) is 0 Å². The first-order valence-corrected chi connectivity index (χ1v) is 7.26. The third-order valence-electron chi connectivity index (χ3n) is 4.30. The van der Waals surface area contributed by atoms with E-state index in [1.165, 1.54) is 0 Å². The molecule has 19 heavy (non-hydrogen) atoms. The smallest absolute Gasteiger partial charge is 0.128 e. The maximum absolute atomic E-state index is 13.9. The second-order valence-electron chi connectivity index (χ2n) is 5.43. The van der Waals surface area contributed by atoms with Gasteiger partial charge in [0.25, 0.3) is 0 Å². The summed E-state index contributed by atoms with van der Waals surface area (Å²) >= 11 is 0. The van der Waals surface area contributed by atoms with Gasteiger partial charge in [0.1, 0.15) is 5.82 Å². The minimum Gasteiger partial charge on any atom is -0.367 e. The first-order chi connectivity index (χ1) is 9.29. The lowest BCUT2D eigenvalue weighted by molar-refractivity contribution is 0.226. The summed E-state index contributed by atoms with van der Waals surface area (Å²) in [5.74, 6) is -0.0428. The Morgan fingerprint density at radius 1 is 1.32 bits per heavy atom. The molecule has 1 atom stereocenters. The number of nitrogens with one attached hydrogen (secondary N) is 1. The fraction of sp³-hybridized carbons (Fsp3) is 0.600. The van der Waals surface area contributed by atoms with Gasteiger partial charge < -0.3 is 10.2 Å². The van der Waals surface area contributed by atoms with Crippen LogP contribution in [-0.2, 0) is 6.42 Å². The van der Waals surface area contributed by atoms with Gasteiger partial charge >= 0.3 is 0 Å².